The number of rotatable bonds is 7. The summed E-state index contributed by atoms with van der Waals surface area (Å²) < 4.78 is 0. The van der Waals surface area contributed by atoms with Crippen LogP contribution in [0.3, 0.4) is 0 Å². The van der Waals surface area contributed by atoms with Crippen molar-refractivity contribution < 1.29 is 0 Å². The van der Waals surface area contributed by atoms with Gasteiger partial charge >= 0.3 is 0 Å². The molecule has 0 aliphatic rings. The zero-order valence-corrected chi connectivity index (χ0v) is 10.5. The molecule has 16 heavy (non-hydrogen) atoms. The molecular weight excluding hydrogens is 222 g/mol. The molecule has 0 aliphatic heterocycles. The van der Waals surface area contributed by atoms with Crippen molar-refractivity contribution in [2.45, 2.75) is 26.2 Å². The average Bonchev–Trinajstić information content (AvgIpc) is 2.28. The van der Waals surface area contributed by atoms with E-state index < -0.39 is 0 Å². The molecule has 0 aliphatic carbocycles. The third kappa shape index (κ3) is 4.37. The number of pyridine rings is 1. The minimum atomic E-state index is 0.624. The van der Waals surface area contributed by atoms with E-state index in [1.54, 1.807) is 12.4 Å². The van der Waals surface area contributed by atoms with Crippen LogP contribution in [0.15, 0.2) is 18.5 Å². The van der Waals surface area contributed by atoms with Crippen LogP contribution in [0.5, 0.6) is 0 Å². The molecule has 1 atom stereocenters. The summed E-state index contributed by atoms with van der Waals surface area (Å²) in [6.45, 7) is 3.87. The first-order valence-corrected chi connectivity index (χ1v) is 6.19. The molecule has 4 heteroatoms. The van der Waals surface area contributed by atoms with Gasteiger partial charge in [0, 0.05) is 18.9 Å². The van der Waals surface area contributed by atoms with Crippen molar-refractivity contribution in [2.24, 2.45) is 11.7 Å². The SMILES string of the molecule is CCCC(CCN)CNc1ccncc1Cl. The lowest BCUT2D eigenvalue weighted by Gasteiger charge is -2.17. The predicted octanol–water partition coefficient (Wildman–Crippen LogP) is 2.91. The van der Waals surface area contributed by atoms with Gasteiger partial charge in [-0.1, -0.05) is 24.9 Å². The maximum atomic E-state index is 6.01. The van der Waals surface area contributed by atoms with Gasteiger partial charge in [-0.25, -0.2) is 0 Å². The van der Waals surface area contributed by atoms with Crippen LogP contribution in [0.2, 0.25) is 5.02 Å². The Balaban J connectivity index is 2.45. The highest BCUT2D eigenvalue weighted by atomic mass is 35.5. The molecule has 0 fully saturated rings. The standard InChI is InChI=1S/C12H20ClN3/c1-2-3-10(4-6-14)8-16-12-5-7-15-9-11(12)13/h5,7,9-10H,2-4,6,8,14H2,1H3,(H,15,16). The number of nitrogens with zero attached hydrogens (tertiary/aromatic N) is 1. The number of halogens is 1. The van der Waals surface area contributed by atoms with Gasteiger partial charge in [-0.15, -0.1) is 0 Å². The minimum Gasteiger partial charge on any atom is -0.383 e. The van der Waals surface area contributed by atoms with Crippen LogP contribution < -0.4 is 11.1 Å². The number of nitrogens with two attached hydrogens (primary N) is 1. The number of nitrogens with one attached hydrogen (secondary N) is 1. The third-order valence-corrected chi connectivity index (χ3v) is 2.93. The second-order valence-corrected chi connectivity index (χ2v) is 4.38. The topological polar surface area (TPSA) is 50.9 Å². The lowest BCUT2D eigenvalue weighted by atomic mass is 10.00. The highest BCUT2D eigenvalue weighted by Crippen LogP contribution is 2.20. The monoisotopic (exact) mass is 241 g/mol. The summed E-state index contributed by atoms with van der Waals surface area (Å²) in [6.07, 6.45) is 6.85. The Kier molecular flexibility index (Phi) is 6.19. The molecule has 1 aromatic heterocycles. The van der Waals surface area contributed by atoms with Gasteiger partial charge in [0.05, 0.1) is 10.7 Å². The van der Waals surface area contributed by atoms with Crippen molar-refractivity contribution >= 4 is 17.3 Å². The van der Waals surface area contributed by atoms with E-state index in [4.69, 9.17) is 17.3 Å². The third-order valence-electron chi connectivity index (χ3n) is 2.63. The molecular formula is C12H20ClN3. The molecule has 1 aromatic rings. The number of anilines is 1. The van der Waals surface area contributed by atoms with Crippen LogP contribution in [0.4, 0.5) is 5.69 Å². The van der Waals surface area contributed by atoms with E-state index in [2.05, 4.69) is 17.2 Å². The van der Waals surface area contributed by atoms with Crippen LogP contribution in [0.1, 0.15) is 26.2 Å². The fraction of sp³-hybridized carbons (Fsp3) is 0.583. The molecule has 1 rings (SSSR count). The fourth-order valence-corrected chi connectivity index (χ4v) is 1.95. The number of hydrogen-bond acceptors (Lipinski definition) is 3. The van der Waals surface area contributed by atoms with E-state index in [-0.39, 0.29) is 0 Å². The van der Waals surface area contributed by atoms with Gasteiger partial charge in [0.1, 0.15) is 0 Å². The van der Waals surface area contributed by atoms with Crippen LogP contribution in [0.25, 0.3) is 0 Å². The average molecular weight is 242 g/mol. The smallest absolute Gasteiger partial charge is 0.0820 e. The normalized spacial score (nSPS) is 12.4. The number of hydrogen-bond donors (Lipinski definition) is 2. The molecule has 0 saturated carbocycles. The Morgan fingerprint density at radius 3 is 2.94 bits per heavy atom. The van der Waals surface area contributed by atoms with Gasteiger partial charge in [0.2, 0.25) is 0 Å². The molecule has 0 saturated heterocycles. The number of aromatic nitrogens is 1. The van der Waals surface area contributed by atoms with Crippen LogP contribution in [-0.4, -0.2) is 18.1 Å². The Labute approximate surface area is 102 Å². The quantitative estimate of drug-likeness (QED) is 0.772. The summed E-state index contributed by atoms with van der Waals surface area (Å²) in [5.74, 6) is 0.624. The minimum absolute atomic E-state index is 0.624. The first kappa shape index (κ1) is 13.3. The molecule has 3 nitrogen and oxygen atoms in total. The Bertz CT molecular complexity index is 298. The van der Waals surface area contributed by atoms with E-state index in [1.807, 2.05) is 6.07 Å². The molecule has 90 valence electrons. The summed E-state index contributed by atoms with van der Waals surface area (Å²) in [5, 5.41) is 4.03. The second-order valence-electron chi connectivity index (χ2n) is 3.97. The van der Waals surface area contributed by atoms with Gasteiger partial charge in [0.15, 0.2) is 0 Å². The summed E-state index contributed by atoms with van der Waals surface area (Å²) in [7, 11) is 0. The molecule has 0 spiro atoms. The summed E-state index contributed by atoms with van der Waals surface area (Å²) in [6, 6.07) is 1.90. The zero-order valence-electron chi connectivity index (χ0n) is 9.75. The lowest BCUT2D eigenvalue weighted by molar-refractivity contribution is 0.473. The molecule has 0 aromatic carbocycles. The van der Waals surface area contributed by atoms with Crippen molar-refractivity contribution in [1.82, 2.24) is 4.98 Å². The molecule has 1 heterocycles. The molecule has 1 unspecified atom stereocenters. The first-order chi connectivity index (χ1) is 7.77. The Morgan fingerprint density at radius 2 is 2.31 bits per heavy atom. The highest BCUT2D eigenvalue weighted by Gasteiger charge is 2.07. The van der Waals surface area contributed by atoms with E-state index in [0.29, 0.717) is 10.9 Å². The van der Waals surface area contributed by atoms with Crippen molar-refractivity contribution in [3.05, 3.63) is 23.5 Å². The maximum Gasteiger partial charge on any atom is 0.0820 e. The fourth-order valence-electron chi connectivity index (χ4n) is 1.77. The van der Waals surface area contributed by atoms with E-state index in [1.165, 1.54) is 12.8 Å². The molecule has 0 bridgehead atoms. The van der Waals surface area contributed by atoms with E-state index >= 15 is 0 Å². The van der Waals surface area contributed by atoms with Gasteiger partial charge < -0.3 is 11.1 Å². The maximum absolute atomic E-state index is 6.01. The second kappa shape index (κ2) is 7.47. The van der Waals surface area contributed by atoms with Gasteiger partial charge in [0.25, 0.3) is 0 Å². The summed E-state index contributed by atoms with van der Waals surface area (Å²) >= 11 is 6.01. The van der Waals surface area contributed by atoms with Crippen LogP contribution in [-0.2, 0) is 0 Å². The van der Waals surface area contributed by atoms with Crippen molar-refractivity contribution in [1.29, 1.82) is 0 Å². The van der Waals surface area contributed by atoms with Crippen molar-refractivity contribution in [3.8, 4) is 0 Å². The molecule has 0 amide bonds. The largest absolute Gasteiger partial charge is 0.383 e. The zero-order chi connectivity index (χ0) is 11.8. The summed E-state index contributed by atoms with van der Waals surface area (Å²) in [4.78, 5) is 3.95. The lowest BCUT2D eigenvalue weighted by Crippen LogP contribution is -2.18. The van der Waals surface area contributed by atoms with Gasteiger partial charge in [-0.2, -0.15) is 0 Å². The van der Waals surface area contributed by atoms with Gasteiger partial charge in [-0.3, -0.25) is 4.98 Å². The van der Waals surface area contributed by atoms with Crippen molar-refractivity contribution in [2.75, 3.05) is 18.4 Å². The van der Waals surface area contributed by atoms with Gasteiger partial charge in [-0.05, 0) is 31.4 Å². The highest BCUT2D eigenvalue weighted by molar-refractivity contribution is 6.33. The molecule has 0 radical (unpaired) electrons. The van der Waals surface area contributed by atoms with E-state index in [9.17, 15) is 0 Å². The predicted molar refractivity (Wildman–Crippen MR) is 69.8 cm³/mol. The first-order valence-electron chi connectivity index (χ1n) is 5.81. The Hall–Kier alpha value is -0.800. The summed E-state index contributed by atoms with van der Waals surface area (Å²) in [5.41, 5.74) is 6.55. The Morgan fingerprint density at radius 1 is 1.50 bits per heavy atom. The van der Waals surface area contributed by atoms with Crippen LogP contribution in [0, 0.1) is 5.92 Å². The van der Waals surface area contributed by atoms with E-state index in [0.717, 1.165) is 25.2 Å². The van der Waals surface area contributed by atoms with Crippen molar-refractivity contribution in [3.63, 3.8) is 0 Å². The van der Waals surface area contributed by atoms with Crippen LogP contribution >= 0.6 is 11.6 Å². The molecule has 3 N–H and O–H groups in total.